The van der Waals surface area contributed by atoms with Crippen molar-refractivity contribution in [3.05, 3.63) is 105 Å². The number of rotatable bonds is 7. The number of thioether (sulfide) groups is 1. The predicted molar refractivity (Wildman–Crippen MR) is 116 cm³/mol. The second kappa shape index (κ2) is 8.76. The van der Waals surface area contributed by atoms with Gasteiger partial charge in [-0.05, 0) is 17.7 Å². The summed E-state index contributed by atoms with van der Waals surface area (Å²) in [4.78, 5) is 21.0. The van der Waals surface area contributed by atoms with Gasteiger partial charge in [-0.15, -0.1) is 10.2 Å². The molecule has 1 heterocycles. The summed E-state index contributed by atoms with van der Waals surface area (Å²) in [6.07, 6.45) is 0. The molecular weight excluding hydrogens is 418 g/mol. The maximum absolute atomic E-state index is 11.2. The number of nitro groups is 2. The third-order valence-corrected chi connectivity index (χ3v) is 5.43. The zero-order chi connectivity index (χ0) is 21.8. The number of aromatic nitrogens is 3. The molecular formula is C21H15N5O4S. The standard InChI is InChI=1S/C21H15N5O4S/c27-25(28)18-11-15(12-19(13-18)26(29)30)14-31-21-23-22-20(16-7-3-1-4-8-16)24(21)17-9-5-2-6-10-17/h1-13H,14H2. The van der Waals surface area contributed by atoms with Gasteiger partial charge in [0, 0.05) is 29.1 Å². The third kappa shape index (κ3) is 4.43. The Kier molecular flexibility index (Phi) is 5.72. The molecule has 9 nitrogen and oxygen atoms in total. The Morgan fingerprint density at radius 2 is 1.39 bits per heavy atom. The molecule has 4 aromatic rings. The first-order valence-electron chi connectivity index (χ1n) is 9.15. The Morgan fingerprint density at radius 3 is 1.97 bits per heavy atom. The minimum absolute atomic E-state index is 0.252. The van der Waals surface area contributed by atoms with E-state index < -0.39 is 9.85 Å². The summed E-state index contributed by atoms with van der Waals surface area (Å²) in [7, 11) is 0. The minimum atomic E-state index is -0.638. The van der Waals surface area contributed by atoms with Crippen molar-refractivity contribution in [1.82, 2.24) is 14.8 Å². The molecule has 0 atom stereocenters. The molecule has 3 aromatic carbocycles. The average Bonchev–Trinajstić information content (AvgIpc) is 3.22. The first-order valence-corrected chi connectivity index (χ1v) is 10.1. The number of hydrogen-bond donors (Lipinski definition) is 0. The van der Waals surface area contributed by atoms with Crippen molar-refractivity contribution in [3.63, 3.8) is 0 Å². The van der Waals surface area contributed by atoms with Crippen LogP contribution in [0.5, 0.6) is 0 Å². The van der Waals surface area contributed by atoms with E-state index in [4.69, 9.17) is 0 Å². The van der Waals surface area contributed by atoms with Crippen molar-refractivity contribution in [2.75, 3.05) is 0 Å². The van der Waals surface area contributed by atoms with Gasteiger partial charge in [0.2, 0.25) is 0 Å². The predicted octanol–water partition coefficient (Wildman–Crippen LogP) is 5.04. The van der Waals surface area contributed by atoms with Gasteiger partial charge >= 0.3 is 0 Å². The summed E-state index contributed by atoms with van der Waals surface area (Å²) >= 11 is 1.30. The first kappa shape index (κ1) is 20.2. The van der Waals surface area contributed by atoms with Crippen LogP contribution in [-0.2, 0) is 5.75 Å². The number of para-hydroxylation sites is 1. The second-order valence-electron chi connectivity index (χ2n) is 6.50. The zero-order valence-corrected chi connectivity index (χ0v) is 16.8. The van der Waals surface area contributed by atoms with Crippen LogP contribution in [-0.4, -0.2) is 24.6 Å². The minimum Gasteiger partial charge on any atom is -0.270 e. The van der Waals surface area contributed by atoms with Gasteiger partial charge in [0.1, 0.15) is 0 Å². The summed E-state index contributed by atoms with van der Waals surface area (Å²) in [6, 6.07) is 22.8. The van der Waals surface area contributed by atoms with Gasteiger partial charge in [-0.2, -0.15) is 0 Å². The van der Waals surface area contributed by atoms with Crippen LogP contribution in [0, 0.1) is 20.2 Å². The molecule has 0 fully saturated rings. The Hall–Kier alpha value is -4.05. The number of nitro benzene ring substituents is 2. The lowest BCUT2D eigenvalue weighted by atomic mass is 10.2. The lowest BCUT2D eigenvalue weighted by Gasteiger charge is -2.10. The van der Waals surface area contributed by atoms with Crippen LogP contribution >= 0.6 is 11.8 Å². The Morgan fingerprint density at radius 1 is 0.806 bits per heavy atom. The molecule has 0 N–H and O–H groups in total. The van der Waals surface area contributed by atoms with Gasteiger partial charge < -0.3 is 0 Å². The van der Waals surface area contributed by atoms with Gasteiger partial charge in [-0.1, -0.05) is 60.3 Å². The fraction of sp³-hybridized carbons (Fsp3) is 0.0476. The van der Waals surface area contributed by atoms with Crippen LogP contribution in [0.2, 0.25) is 0 Å². The van der Waals surface area contributed by atoms with Gasteiger partial charge in [0.05, 0.1) is 15.9 Å². The molecule has 0 saturated heterocycles. The summed E-state index contributed by atoms with van der Waals surface area (Å²) in [5.74, 6) is 0.904. The zero-order valence-electron chi connectivity index (χ0n) is 16.0. The fourth-order valence-electron chi connectivity index (χ4n) is 3.05. The number of non-ortho nitro benzene ring substituents is 2. The van der Waals surface area contributed by atoms with Crippen LogP contribution in [0.15, 0.2) is 84.0 Å². The monoisotopic (exact) mass is 433 g/mol. The lowest BCUT2D eigenvalue weighted by Crippen LogP contribution is -2.00. The van der Waals surface area contributed by atoms with Crippen LogP contribution < -0.4 is 0 Å². The highest BCUT2D eigenvalue weighted by Gasteiger charge is 2.19. The summed E-state index contributed by atoms with van der Waals surface area (Å²) in [6.45, 7) is 0. The number of hydrogen-bond acceptors (Lipinski definition) is 7. The molecule has 0 saturated carbocycles. The molecule has 0 amide bonds. The van der Waals surface area contributed by atoms with Gasteiger partial charge in [-0.3, -0.25) is 24.8 Å². The van der Waals surface area contributed by atoms with Crippen molar-refractivity contribution in [1.29, 1.82) is 0 Å². The topological polar surface area (TPSA) is 117 Å². The largest absolute Gasteiger partial charge is 0.276 e. The maximum Gasteiger partial charge on any atom is 0.276 e. The summed E-state index contributed by atoms with van der Waals surface area (Å²) < 4.78 is 1.89. The van der Waals surface area contributed by atoms with Gasteiger partial charge in [0.25, 0.3) is 11.4 Å². The van der Waals surface area contributed by atoms with E-state index in [1.165, 1.54) is 23.9 Å². The van der Waals surface area contributed by atoms with Crippen LogP contribution in [0.1, 0.15) is 5.56 Å². The van der Waals surface area contributed by atoms with Crippen LogP contribution in [0.25, 0.3) is 17.1 Å². The summed E-state index contributed by atoms with van der Waals surface area (Å²) in [5, 5.41) is 31.5. The highest BCUT2D eigenvalue weighted by molar-refractivity contribution is 7.98. The van der Waals surface area contributed by atoms with Crippen molar-refractivity contribution in [2.45, 2.75) is 10.9 Å². The van der Waals surface area contributed by atoms with Gasteiger partial charge in [-0.25, -0.2) is 0 Å². The molecule has 0 unspecified atom stereocenters. The number of nitrogens with zero attached hydrogens (tertiary/aromatic N) is 5. The lowest BCUT2D eigenvalue weighted by molar-refractivity contribution is -0.394. The van der Waals surface area contributed by atoms with E-state index >= 15 is 0 Å². The molecule has 4 rings (SSSR count). The smallest absolute Gasteiger partial charge is 0.270 e. The maximum atomic E-state index is 11.2. The van der Waals surface area contributed by atoms with E-state index in [-0.39, 0.29) is 17.1 Å². The Bertz CT molecular complexity index is 1210. The normalized spacial score (nSPS) is 10.7. The van der Waals surface area contributed by atoms with Crippen molar-refractivity contribution < 1.29 is 9.85 Å². The highest BCUT2D eigenvalue weighted by atomic mass is 32.2. The van der Waals surface area contributed by atoms with Gasteiger partial charge in [0.15, 0.2) is 11.0 Å². The van der Waals surface area contributed by atoms with E-state index in [2.05, 4.69) is 10.2 Å². The van der Waals surface area contributed by atoms with E-state index in [1.807, 2.05) is 65.2 Å². The van der Waals surface area contributed by atoms with E-state index in [0.29, 0.717) is 16.5 Å². The molecule has 31 heavy (non-hydrogen) atoms. The second-order valence-corrected chi connectivity index (χ2v) is 7.45. The van der Waals surface area contributed by atoms with Crippen LogP contribution in [0.4, 0.5) is 11.4 Å². The van der Waals surface area contributed by atoms with E-state index in [0.717, 1.165) is 17.3 Å². The van der Waals surface area contributed by atoms with Crippen molar-refractivity contribution >= 4 is 23.1 Å². The third-order valence-electron chi connectivity index (χ3n) is 4.43. The quantitative estimate of drug-likeness (QED) is 0.227. The highest BCUT2D eigenvalue weighted by Crippen LogP contribution is 2.31. The molecule has 0 aliphatic heterocycles. The average molecular weight is 433 g/mol. The molecule has 154 valence electrons. The summed E-state index contributed by atoms with van der Waals surface area (Å²) in [5.41, 5.74) is 1.56. The Balaban J connectivity index is 1.71. The molecule has 0 bridgehead atoms. The van der Waals surface area contributed by atoms with Crippen molar-refractivity contribution in [3.8, 4) is 17.1 Å². The molecule has 0 spiro atoms. The molecule has 0 aliphatic rings. The Labute approximate surface area is 180 Å². The molecule has 0 aliphatic carbocycles. The van der Waals surface area contributed by atoms with E-state index in [1.54, 1.807) is 0 Å². The first-order chi connectivity index (χ1) is 15.0. The van der Waals surface area contributed by atoms with E-state index in [9.17, 15) is 20.2 Å². The SMILES string of the molecule is O=[N+]([O-])c1cc(CSc2nnc(-c3ccccc3)n2-c2ccccc2)cc([N+](=O)[O-])c1. The molecule has 1 aromatic heterocycles. The molecule has 0 radical (unpaired) electrons. The van der Waals surface area contributed by atoms with Crippen molar-refractivity contribution in [2.24, 2.45) is 0 Å². The fourth-order valence-corrected chi connectivity index (χ4v) is 3.93. The van der Waals surface area contributed by atoms with Crippen LogP contribution in [0.3, 0.4) is 0 Å². The number of benzene rings is 3. The molecule has 10 heteroatoms.